The Bertz CT molecular complexity index is 476. The summed E-state index contributed by atoms with van der Waals surface area (Å²) in [5.41, 5.74) is 1.21. The summed E-state index contributed by atoms with van der Waals surface area (Å²) in [5, 5.41) is 11.5. The van der Waals surface area contributed by atoms with Crippen molar-refractivity contribution < 1.29 is 4.52 Å². The Morgan fingerprint density at radius 2 is 2.33 bits per heavy atom. The Balaban J connectivity index is 1.73. The third kappa shape index (κ3) is 3.40. The molecule has 18 heavy (non-hydrogen) atoms. The average molecular weight is 249 g/mol. The molecule has 0 saturated carbocycles. The van der Waals surface area contributed by atoms with Gasteiger partial charge in [-0.25, -0.2) is 0 Å². The second kappa shape index (κ2) is 6.30. The van der Waals surface area contributed by atoms with Crippen LogP contribution in [0.2, 0.25) is 0 Å². The molecule has 2 aromatic rings. The van der Waals surface area contributed by atoms with Gasteiger partial charge in [-0.3, -0.25) is 4.68 Å². The van der Waals surface area contributed by atoms with Crippen molar-refractivity contribution in [3.63, 3.8) is 0 Å². The molecule has 0 aliphatic carbocycles. The molecule has 2 aromatic heterocycles. The first-order valence-corrected chi connectivity index (χ1v) is 6.30. The lowest BCUT2D eigenvalue weighted by atomic mass is 10.3. The van der Waals surface area contributed by atoms with Gasteiger partial charge in [0.15, 0.2) is 5.82 Å². The molecule has 0 bridgehead atoms. The van der Waals surface area contributed by atoms with Gasteiger partial charge in [-0.1, -0.05) is 12.1 Å². The zero-order valence-electron chi connectivity index (χ0n) is 10.9. The van der Waals surface area contributed by atoms with Crippen molar-refractivity contribution in [1.29, 1.82) is 0 Å². The second-order valence-electron chi connectivity index (χ2n) is 4.20. The molecule has 0 aliphatic rings. The van der Waals surface area contributed by atoms with Crippen LogP contribution in [-0.4, -0.2) is 26.5 Å². The lowest BCUT2D eigenvalue weighted by molar-refractivity contribution is 0.387. The molecule has 0 radical (unpaired) electrons. The summed E-state index contributed by atoms with van der Waals surface area (Å²) in [4.78, 5) is 4.16. The smallest absolute Gasteiger partial charge is 0.223 e. The van der Waals surface area contributed by atoms with Crippen molar-refractivity contribution in [2.45, 2.75) is 39.8 Å². The molecule has 0 aliphatic heterocycles. The number of hydrogen-bond donors (Lipinski definition) is 1. The maximum Gasteiger partial charge on any atom is 0.223 e. The number of nitrogens with one attached hydrogen (secondary N) is 1. The molecule has 2 heterocycles. The summed E-state index contributed by atoms with van der Waals surface area (Å²) in [7, 11) is 0. The number of rotatable bonds is 7. The number of aromatic nitrogens is 4. The van der Waals surface area contributed by atoms with Gasteiger partial charge < -0.3 is 9.84 Å². The highest BCUT2D eigenvalue weighted by Crippen LogP contribution is 2.00. The largest absolute Gasteiger partial charge is 0.340 e. The molecule has 0 saturated heterocycles. The zero-order valence-corrected chi connectivity index (χ0v) is 10.9. The maximum atomic E-state index is 4.92. The minimum absolute atomic E-state index is 0.617. The fourth-order valence-corrected chi connectivity index (χ4v) is 1.78. The van der Waals surface area contributed by atoms with Gasteiger partial charge in [0.1, 0.15) is 0 Å². The molecule has 6 heteroatoms. The van der Waals surface area contributed by atoms with Gasteiger partial charge in [0, 0.05) is 39.2 Å². The Labute approximate surface area is 106 Å². The Hall–Kier alpha value is -1.69. The summed E-state index contributed by atoms with van der Waals surface area (Å²) in [6, 6.07) is 2.04. The van der Waals surface area contributed by atoms with E-state index in [1.54, 1.807) is 6.92 Å². The summed E-state index contributed by atoms with van der Waals surface area (Å²) in [6.45, 7) is 6.56. The molecule has 98 valence electrons. The highest BCUT2D eigenvalue weighted by molar-refractivity contribution is 5.00. The fourth-order valence-electron chi connectivity index (χ4n) is 1.78. The highest BCUT2D eigenvalue weighted by atomic mass is 16.5. The summed E-state index contributed by atoms with van der Waals surface area (Å²) in [5.74, 6) is 1.37. The normalized spacial score (nSPS) is 11.0. The van der Waals surface area contributed by atoms with Crippen molar-refractivity contribution in [2.75, 3.05) is 6.54 Å². The van der Waals surface area contributed by atoms with Gasteiger partial charge >= 0.3 is 0 Å². The van der Waals surface area contributed by atoms with Crippen LogP contribution < -0.4 is 5.32 Å². The quantitative estimate of drug-likeness (QED) is 0.749. The van der Waals surface area contributed by atoms with Gasteiger partial charge in [0.25, 0.3) is 0 Å². The van der Waals surface area contributed by atoms with Crippen LogP contribution >= 0.6 is 0 Å². The minimum Gasteiger partial charge on any atom is -0.340 e. The van der Waals surface area contributed by atoms with Crippen molar-refractivity contribution in [3.8, 4) is 0 Å². The van der Waals surface area contributed by atoms with Crippen LogP contribution in [0.5, 0.6) is 0 Å². The zero-order chi connectivity index (χ0) is 12.8. The average Bonchev–Trinajstić information content (AvgIpc) is 2.95. The van der Waals surface area contributed by atoms with Crippen LogP contribution in [0.15, 0.2) is 16.8 Å². The third-order valence-corrected chi connectivity index (χ3v) is 2.64. The summed E-state index contributed by atoms with van der Waals surface area (Å²) < 4.78 is 6.95. The minimum atomic E-state index is 0.617. The van der Waals surface area contributed by atoms with Crippen LogP contribution in [-0.2, 0) is 19.5 Å². The lowest BCUT2D eigenvalue weighted by Crippen LogP contribution is -2.19. The van der Waals surface area contributed by atoms with Crippen LogP contribution in [0.3, 0.4) is 0 Å². The molecular formula is C12H19N5O. The van der Waals surface area contributed by atoms with Gasteiger partial charge in [0.05, 0.1) is 5.69 Å². The van der Waals surface area contributed by atoms with Crippen LogP contribution in [0.25, 0.3) is 0 Å². The first-order chi connectivity index (χ1) is 8.79. The first-order valence-electron chi connectivity index (χ1n) is 6.30. The molecule has 0 spiro atoms. The third-order valence-electron chi connectivity index (χ3n) is 2.64. The molecule has 1 N–H and O–H groups in total. The summed E-state index contributed by atoms with van der Waals surface area (Å²) in [6.07, 6.45) is 3.71. The van der Waals surface area contributed by atoms with E-state index in [0.29, 0.717) is 5.89 Å². The Morgan fingerprint density at radius 3 is 3.06 bits per heavy atom. The number of aryl methyl sites for hydroxylation is 2. The van der Waals surface area contributed by atoms with Crippen LogP contribution in [0, 0.1) is 6.92 Å². The first kappa shape index (κ1) is 12.8. The fraction of sp³-hybridized carbons (Fsp3) is 0.583. The van der Waals surface area contributed by atoms with E-state index in [-0.39, 0.29) is 0 Å². The van der Waals surface area contributed by atoms with Crippen molar-refractivity contribution in [2.24, 2.45) is 0 Å². The van der Waals surface area contributed by atoms with E-state index < -0.39 is 0 Å². The second-order valence-corrected chi connectivity index (χ2v) is 4.20. The van der Waals surface area contributed by atoms with Crippen LogP contribution in [0.1, 0.15) is 30.8 Å². The van der Waals surface area contributed by atoms with Gasteiger partial charge in [-0.2, -0.15) is 10.1 Å². The van der Waals surface area contributed by atoms with E-state index in [9.17, 15) is 0 Å². The van der Waals surface area contributed by atoms with E-state index in [0.717, 1.165) is 38.3 Å². The maximum absolute atomic E-state index is 4.92. The standard InChI is InChI=1S/C12H19N5O/c1-3-8-17-11(4-7-14-17)9-13-6-5-12-15-10(2)18-16-12/h4,7,13H,3,5-6,8-9H2,1-2H3. The molecule has 0 amide bonds. The number of nitrogens with zero attached hydrogens (tertiary/aromatic N) is 4. The molecule has 2 rings (SSSR count). The molecule has 0 unspecified atom stereocenters. The highest BCUT2D eigenvalue weighted by Gasteiger charge is 2.03. The van der Waals surface area contributed by atoms with E-state index in [4.69, 9.17) is 4.52 Å². The lowest BCUT2D eigenvalue weighted by Gasteiger charge is -2.06. The predicted molar refractivity (Wildman–Crippen MR) is 67.0 cm³/mol. The van der Waals surface area contributed by atoms with E-state index in [1.165, 1.54) is 5.69 Å². The van der Waals surface area contributed by atoms with Crippen molar-refractivity contribution >= 4 is 0 Å². The monoisotopic (exact) mass is 249 g/mol. The topological polar surface area (TPSA) is 68.8 Å². The molecule has 0 fully saturated rings. The Kier molecular flexibility index (Phi) is 4.46. The SMILES string of the molecule is CCCn1nccc1CNCCc1noc(C)n1. The number of hydrogen-bond acceptors (Lipinski definition) is 5. The van der Waals surface area contributed by atoms with Gasteiger partial charge in [-0.15, -0.1) is 0 Å². The van der Waals surface area contributed by atoms with E-state index in [2.05, 4.69) is 27.5 Å². The van der Waals surface area contributed by atoms with Gasteiger partial charge in [0.2, 0.25) is 5.89 Å². The molecule has 0 aromatic carbocycles. The predicted octanol–water partition coefficient (Wildman–Crippen LogP) is 1.32. The van der Waals surface area contributed by atoms with Crippen molar-refractivity contribution in [1.82, 2.24) is 25.2 Å². The van der Waals surface area contributed by atoms with E-state index >= 15 is 0 Å². The van der Waals surface area contributed by atoms with Crippen molar-refractivity contribution in [3.05, 3.63) is 29.7 Å². The Morgan fingerprint density at radius 1 is 1.44 bits per heavy atom. The molecular weight excluding hydrogens is 230 g/mol. The van der Waals surface area contributed by atoms with Crippen LogP contribution in [0.4, 0.5) is 0 Å². The molecule has 0 atom stereocenters. The molecule has 6 nitrogen and oxygen atoms in total. The van der Waals surface area contributed by atoms with Gasteiger partial charge in [-0.05, 0) is 12.5 Å². The van der Waals surface area contributed by atoms with E-state index in [1.807, 2.05) is 16.9 Å². The summed E-state index contributed by atoms with van der Waals surface area (Å²) >= 11 is 0.